The van der Waals surface area contributed by atoms with Crippen LogP contribution in [0.1, 0.15) is 43.2 Å². The number of hydrogen-bond donors (Lipinski definition) is 0. The van der Waals surface area contributed by atoms with Crippen LogP contribution in [0, 0.1) is 5.92 Å². The van der Waals surface area contributed by atoms with E-state index in [2.05, 4.69) is 0 Å². The number of halogens is 3. The normalized spacial score (nSPS) is 21.4. The van der Waals surface area contributed by atoms with Crippen LogP contribution in [-0.4, -0.2) is 22.6 Å². The molecule has 2 fully saturated rings. The molecule has 0 atom stereocenters. The van der Waals surface area contributed by atoms with Crippen LogP contribution in [-0.2, 0) is 11.0 Å². The van der Waals surface area contributed by atoms with Crippen LogP contribution in [0.15, 0.2) is 29.2 Å². The Labute approximate surface area is 148 Å². The van der Waals surface area contributed by atoms with Crippen molar-refractivity contribution in [2.45, 2.75) is 38.3 Å². The van der Waals surface area contributed by atoms with Gasteiger partial charge < -0.3 is 0 Å². The van der Waals surface area contributed by atoms with Crippen LogP contribution in [0.3, 0.4) is 0 Å². The molecule has 25 heavy (non-hydrogen) atoms. The molecular weight excluding hydrogens is 351 g/mol. The van der Waals surface area contributed by atoms with E-state index >= 15 is 0 Å². The summed E-state index contributed by atoms with van der Waals surface area (Å²) < 4.78 is 38.4. The van der Waals surface area contributed by atoms with E-state index in [-0.39, 0.29) is 15.7 Å². The van der Waals surface area contributed by atoms with Gasteiger partial charge in [0.05, 0.1) is 10.5 Å². The fraction of sp³-hybridized carbons (Fsp3) is 0.444. The second-order valence-corrected chi connectivity index (χ2v) is 7.41. The van der Waals surface area contributed by atoms with Gasteiger partial charge in [0.15, 0.2) is 0 Å². The van der Waals surface area contributed by atoms with E-state index < -0.39 is 17.6 Å². The molecule has 0 spiro atoms. The molecule has 134 valence electrons. The largest absolute Gasteiger partial charge is 0.416 e. The molecule has 1 saturated carbocycles. The first kappa shape index (κ1) is 18.0. The average molecular weight is 369 g/mol. The number of amides is 2. The van der Waals surface area contributed by atoms with Crippen molar-refractivity contribution in [2.75, 3.05) is 6.54 Å². The minimum absolute atomic E-state index is 0.181. The summed E-state index contributed by atoms with van der Waals surface area (Å²) in [5.41, 5.74) is -0.513. The molecule has 0 bridgehead atoms. The third kappa shape index (κ3) is 4.26. The number of carbonyl (C=O) groups is 2. The molecule has 3 rings (SSSR count). The second kappa shape index (κ2) is 7.23. The highest BCUT2D eigenvalue weighted by molar-refractivity contribution is 8.18. The van der Waals surface area contributed by atoms with E-state index in [0.717, 1.165) is 49.6 Å². The molecule has 2 amide bonds. The highest BCUT2D eigenvalue weighted by Crippen LogP contribution is 2.36. The lowest BCUT2D eigenvalue weighted by atomic mass is 9.89. The molecule has 1 aliphatic heterocycles. The number of benzene rings is 1. The van der Waals surface area contributed by atoms with Gasteiger partial charge in [-0.1, -0.05) is 31.4 Å². The lowest BCUT2D eigenvalue weighted by Gasteiger charge is -2.25. The van der Waals surface area contributed by atoms with E-state index in [1.54, 1.807) is 0 Å². The Morgan fingerprint density at radius 2 is 1.88 bits per heavy atom. The van der Waals surface area contributed by atoms with Gasteiger partial charge in [-0.3, -0.25) is 14.5 Å². The fourth-order valence-corrected chi connectivity index (χ4v) is 4.09. The maximum absolute atomic E-state index is 12.8. The smallest absolute Gasteiger partial charge is 0.268 e. The van der Waals surface area contributed by atoms with Gasteiger partial charge >= 0.3 is 6.18 Å². The van der Waals surface area contributed by atoms with Gasteiger partial charge in [0.2, 0.25) is 0 Å². The summed E-state index contributed by atoms with van der Waals surface area (Å²) >= 11 is 0.796. The Hall–Kier alpha value is -1.76. The van der Waals surface area contributed by atoms with Crippen molar-refractivity contribution in [2.24, 2.45) is 5.92 Å². The molecule has 7 heteroatoms. The third-order valence-corrected chi connectivity index (χ3v) is 5.46. The number of carbonyl (C=O) groups excluding carboxylic acids is 2. The van der Waals surface area contributed by atoms with E-state index in [1.165, 1.54) is 29.5 Å². The third-order valence-electron chi connectivity index (χ3n) is 4.55. The number of nitrogens with zero attached hydrogens (tertiary/aromatic N) is 1. The van der Waals surface area contributed by atoms with Gasteiger partial charge in [-0.05, 0) is 54.3 Å². The van der Waals surface area contributed by atoms with Gasteiger partial charge in [-0.2, -0.15) is 13.2 Å². The molecular formula is C18H18F3NO2S. The molecule has 0 radical (unpaired) electrons. The van der Waals surface area contributed by atoms with E-state index in [4.69, 9.17) is 0 Å². The van der Waals surface area contributed by atoms with E-state index in [1.807, 2.05) is 0 Å². The van der Waals surface area contributed by atoms with Crippen LogP contribution >= 0.6 is 11.8 Å². The zero-order valence-corrected chi connectivity index (χ0v) is 14.3. The summed E-state index contributed by atoms with van der Waals surface area (Å²) in [5, 5.41) is -0.339. The molecule has 0 unspecified atom stereocenters. The summed E-state index contributed by atoms with van der Waals surface area (Å²) in [5.74, 6) is -0.0758. The second-order valence-electron chi connectivity index (χ2n) is 6.42. The van der Waals surface area contributed by atoms with Gasteiger partial charge in [0.25, 0.3) is 11.1 Å². The van der Waals surface area contributed by atoms with Crippen molar-refractivity contribution in [1.29, 1.82) is 0 Å². The van der Waals surface area contributed by atoms with Crippen molar-refractivity contribution in [3.8, 4) is 0 Å². The molecule has 1 aliphatic carbocycles. The van der Waals surface area contributed by atoms with Crippen LogP contribution in [0.4, 0.5) is 18.0 Å². The Morgan fingerprint density at radius 3 is 2.56 bits per heavy atom. The highest BCUT2D eigenvalue weighted by Gasteiger charge is 2.36. The van der Waals surface area contributed by atoms with E-state index in [0.29, 0.717) is 12.5 Å². The maximum Gasteiger partial charge on any atom is 0.416 e. The molecule has 1 saturated heterocycles. The van der Waals surface area contributed by atoms with Gasteiger partial charge in [0.1, 0.15) is 0 Å². The Bertz CT molecular complexity index is 709. The summed E-state index contributed by atoms with van der Waals surface area (Å²) in [7, 11) is 0. The van der Waals surface area contributed by atoms with Gasteiger partial charge in [-0.25, -0.2) is 0 Å². The zero-order valence-electron chi connectivity index (χ0n) is 13.5. The van der Waals surface area contributed by atoms with Crippen molar-refractivity contribution in [3.63, 3.8) is 0 Å². The Morgan fingerprint density at radius 1 is 1.16 bits per heavy atom. The first-order chi connectivity index (χ1) is 11.8. The van der Waals surface area contributed by atoms with E-state index in [9.17, 15) is 22.8 Å². The van der Waals surface area contributed by atoms with Crippen molar-refractivity contribution in [1.82, 2.24) is 4.90 Å². The number of alkyl halides is 3. The quantitative estimate of drug-likeness (QED) is 0.677. The number of hydrogen-bond acceptors (Lipinski definition) is 3. The molecule has 0 N–H and O–H groups in total. The van der Waals surface area contributed by atoms with Crippen molar-refractivity contribution >= 4 is 29.0 Å². The molecule has 1 heterocycles. The molecule has 0 aromatic heterocycles. The first-order valence-corrected chi connectivity index (χ1v) is 9.09. The minimum atomic E-state index is -4.44. The number of thioether (sulfide) groups is 1. The summed E-state index contributed by atoms with van der Waals surface area (Å²) in [6.45, 7) is 0.407. The topological polar surface area (TPSA) is 37.4 Å². The fourth-order valence-electron chi connectivity index (χ4n) is 3.24. The number of rotatable bonds is 3. The Kier molecular flexibility index (Phi) is 5.22. The minimum Gasteiger partial charge on any atom is -0.268 e. The first-order valence-electron chi connectivity index (χ1n) is 8.27. The molecule has 1 aromatic carbocycles. The van der Waals surface area contributed by atoms with Crippen molar-refractivity contribution < 1.29 is 22.8 Å². The Balaban J connectivity index is 1.76. The lowest BCUT2D eigenvalue weighted by molar-refractivity contribution is -0.137. The van der Waals surface area contributed by atoms with Crippen molar-refractivity contribution in [3.05, 3.63) is 40.3 Å². The standard InChI is InChI=1S/C18H18F3NO2S/c19-18(20,21)14-8-4-7-13(9-14)10-15-16(23)22(17(24)25-15)11-12-5-2-1-3-6-12/h4,7-10,12H,1-3,5-6,11H2/b15-10+. The highest BCUT2D eigenvalue weighted by atomic mass is 32.2. The molecule has 2 aliphatic rings. The average Bonchev–Trinajstić information content (AvgIpc) is 2.83. The summed E-state index contributed by atoms with van der Waals surface area (Å²) in [6, 6.07) is 4.74. The van der Waals surface area contributed by atoms with Crippen LogP contribution in [0.25, 0.3) is 6.08 Å². The van der Waals surface area contributed by atoms with Crippen LogP contribution < -0.4 is 0 Å². The summed E-state index contributed by atoms with van der Waals surface area (Å²) in [6.07, 6.45) is 2.35. The molecule has 3 nitrogen and oxygen atoms in total. The van der Waals surface area contributed by atoms with Crippen LogP contribution in [0.5, 0.6) is 0 Å². The maximum atomic E-state index is 12.8. The monoisotopic (exact) mass is 369 g/mol. The predicted octanol–water partition coefficient (Wildman–Crippen LogP) is 5.32. The zero-order chi connectivity index (χ0) is 18.0. The predicted molar refractivity (Wildman–Crippen MR) is 90.7 cm³/mol. The summed E-state index contributed by atoms with van der Waals surface area (Å²) in [4.78, 5) is 26.0. The van der Waals surface area contributed by atoms with Crippen LogP contribution in [0.2, 0.25) is 0 Å². The SMILES string of the molecule is O=C1S/C(=C/c2cccc(C(F)(F)F)c2)C(=O)N1CC1CCCCC1. The van der Waals surface area contributed by atoms with Gasteiger partial charge in [0, 0.05) is 6.54 Å². The number of imide groups is 1. The lowest BCUT2D eigenvalue weighted by Crippen LogP contribution is -2.34. The van der Waals surface area contributed by atoms with Gasteiger partial charge in [-0.15, -0.1) is 0 Å². The molecule has 1 aromatic rings.